The van der Waals surface area contributed by atoms with Gasteiger partial charge in [-0.15, -0.1) is 0 Å². The molecule has 3 rings (SSSR count). The van der Waals surface area contributed by atoms with E-state index in [1.807, 2.05) is 30.0 Å². The third-order valence-corrected chi connectivity index (χ3v) is 4.48. The Labute approximate surface area is 136 Å². The lowest BCUT2D eigenvalue weighted by Gasteiger charge is -2.30. The van der Waals surface area contributed by atoms with E-state index in [0.717, 1.165) is 36.9 Å². The van der Waals surface area contributed by atoms with Crippen LogP contribution in [0, 0.1) is 6.92 Å². The van der Waals surface area contributed by atoms with Crippen molar-refractivity contribution in [2.75, 3.05) is 6.54 Å². The number of H-pyrrole nitrogens is 1. The van der Waals surface area contributed by atoms with Crippen molar-refractivity contribution in [3.05, 3.63) is 69.6 Å². The highest BCUT2D eigenvalue weighted by molar-refractivity contribution is 5.94. The maximum absolute atomic E-state index is 13.0. The average Bonchev–Trinajstić information content (AvgIpc) is 2.81. The molecule has 1 aliphatic rings. The summed E-state index contributed by atoms with van der Waals surface area (Å²) in [5.41, 5.74) is 1.85. The minimum atomic E-state index is -0.300. The number of benzene rings is 1. The summed E-state index contributed by atoms with van der Waals surface area (Å²) in [6.07, 6.45) is 4.16. The number of aryl methyl sites for hydroxylation is 1. The molecule has 0 spiro atoms. The number of amides is 1. The van der Waals surface area contributed by atoms with Gasteiger partial charge in [-0.3, -0.25) is 9.59 Å². The highest BCUT2D eigenvalue weighted by Gasteiger charge is 2.28. The van der Waals surface area contributed by atoms with Gasteiger partial charge in [-0.05, 0) is 37.5 Å². The van der Waals surface area contributed by atoms with Gasteiger partial charge in [-0.1, -0.05) is 43.2 Å². The zero-order valence-corrected chi connectivity index (χ0v) is 13.4. The number of carbonyl (C=O) groups excluding carboxylic acids is 1. The van der Waals surface area contributed by atoms with E-state index in [0.29, 0.717) is 6.54 Å². The van der Waals surface area contributed by atoms with Crippen molar-refractivity contribution < 1.29 is 4.79 Å². The average molecular weight is 310 g/mol. The second-order valence-electron chi connectivity index (χ2n) is 6.16. The Morgan fingerprint density at radius 1 is 1.09 bits per heavy atom. The van der Waals surface area contributed by atoms with Crippen LogP contribution in [0.3, 0.4) is 0 Å². The van der Waals surface area contributed by atoms with Crippen molar-refractivity contribution >= 4 is 5.91 Å². The summed E-state index contributed by atoms with van der Waals surface area (Å²) in [7, 11) is 0. The fraction of sp³-hybridized carbons (Fsp3) is 0.368. The topological polar surface area (TPSA) is 53.2 Å². The molecule has 1 saturated heterocycles. The van der Waals surface area contributed by atoms with Crippen LogP contribution in [-0.2, 0) is 0 Å². The molecule has 0 bridgehead atoms. The van der Waals surface area contributed by atoms with Gasteiger partial charge in [0.25, 0.3) is 11.5 Å². The number of hydrogen-bond acceptors (Lipinski definition) is 2. The minimum Gasteiger partial charge on any atom is -0.331 e. The Bertz CT molecular complexity index is 737. The van der Waals surface area contributed by atoms with E-state index in [9.17, 15) is 9.59 Å². The monoisotopic (exact) mass is 310 g/mol. The predicted octanol–water partition coefficient (Wildman–Crippen LogP) is 3.44. The first kappa shape index (κ1) is 15.5. The summed E-state index contributed by atoms with van der Waals surface area (Å²) in [5.74, 6) is -0.165. The number of hydrogen-bond donors (Lipinski definition) is 1. The van der Waals surface area contributed by atoms with Gasteiger partial charge in [0.15, 0.2) is 0 Å². The van der Waals surface area contributed by atoms with Crippen molar-refractivity contribution in [1.29, 1.82) is 0 Å². The fourth-order valence-electron chi connectivity index (χ4n) is 3.27. The molecule has 2 aromatic rings. The van der Waals surface area contributed by atoms with Crippen LogP contribution in [0.4, 0.5) is 0 Å². The third-order valence-electron chi connectivity index (χ3n) is 4.48. The van der Waals surface area contributed by atoms with Crippen LogP contribution in [0.15, 0.2) is 47.3 Å². The Kier molecular flexibility index (Phi) is 4.60. The molecule has 1 N–H and O–H groups in total. The highest BCUT2D eigenvalue weighted by atomic mass is 16.2. The number of aromatic nitrogens is 1. The quantitative estimate of drug-likeness (QED) is 0.924. The van der Waals surface area contributed by atoms with E-state index in [1.165, 1.54) is 0 Å². The molecule has 1 aromatic heterocycles. The van der Waals surface area contributed by atoms with Crippen LogP contribution < -0.4 is 5.56 Å². The first-order valence-electron chi connectivity index (χ1n) is 8.22. The van der Waals surface area contributed by atoms with Crippen molar-refractivity contribution in [1.82, 2.24) is 9.88 Å². The van der Waals surface area contributed by atoms with Gasteiger partial charge in [0.2, 0.25) is 0 Å². The molecule has 23 heavy (non-hydrogen) atoms. The lowest BCUT2D eigenvalue weighted by Crippen LogP contribution is -2.37. The molecule has 2 heterocycles. The number of nitrogens with one attached hydrogen (secondary N) is 1. The molecule has 1 atom stereocenters. The molecule has 4 heteroatoms. The number of pyridine rings is 1. The van der Waals surface area contributed by atoms with Gasteiger partial charge in [0, 0.05) is 12.2 Å². The van der Waals surface area contributed by atoms with Gasteiger partial charge in [-0.25, -0.2) is 0 Å². The molecule has 1 aromatic carbocycles. The standard InChI is InChI=1S/C19H22N2O2/c1-14-11-12-16(18(22)20-14)19(23)21-13-7-3-6-10-17(21)15-8-4-2-5-9-15/h2,4-5,8-9,11-12,17H,3,6-7,10,13H2,1H3,(H,20,22). The van der Waals surface area contributed by atoms with Gasteiger partial charge >= 0.3 is 0 Å². The predicted molar refractivity (Wildman–Crippen MR) is 90.5 cm³/mol. The Balaban J connectivity index is 1.96. The third kappa shape index (κ3) is 3.36. The van der Waals surface area contributed by atoms with E-state index in [2.05, 4.69) is 17.1 Å². The Morgan fingerprint density at radius 3 is 2.61 bits per heavy atom. The Hall–Kier alpha value is -2.36. The molecule has 1 unspecified atom stereocenters. The normalized spacial score (nSPS) is 18.5. The molecular weight excluding hydrogens is 288 g/mol. The maximum atomic E-state index is 13.0. The minimum absolute atomic E-state index is 0.0481. The first-order valence-corrected chi connectivity index (χ1v) is 8.22. The molecule has 1 amide bonds. The number of likely N-dealkylation sites (tertiary alicyclic amines) is 1. The summed E-state index contributed by atoms with van der Waals surface area (Å²) < 4.78 is 0. The van der Waals surface area contributed by atoms with Crippen LogP contribution in [0.2, 0.25) is 0 Å². The maximum Gasteiger partial charge on any atom is 0.260 e. The van der Waals surface area contributed by atoms with E-state index in [-0.39, 0.29) is 23.1 Å². The molecule has 4 nitrogen and oxygen atoms in total. The highest BCUT2D eigenvalue weighted by Crippen LogP contribution is 2.30. The van der Waals surface area contributed by atoms with Crippen LogP contribution in [0.25, 0.3) is 0 Å². The fourth-order valence-corrected chi connectivity index (χ4v) is 3.27. The number of carbonyl (C=O) groups is 1. The van der Waals surface area contributed by atoms with Gasteiger partial charge in [0.1, 0.15) is 5.56 Å². The van der Waals surface area contributed by atoms with Crippen molar-refractivity contribution in [2.45, 2.75) is 38.6 Å². The summed E-state index contributed by atoms with van der Waals surface area (Å²) >= 11 is 0. The van der Waals surface area contributed by atoms with E-state index < -0.39 is 0 Å². The summed E-state index contributed by atoms with van der Waals surface area (Å²) in [4.78, 5) is 29.7. The number of rotatable bonds is 2. The van der Waals surface area contributed by atoms with Gasteiger partial charge in [-0.2, -0.15) is 0 Å². The molecule has 1 aliphatic heterocycles. The lowest BCUT2D eigenvalue weighted by atomic mass is 10.0. The summed E-state index contributed by atoms with van der Waals surface area (Å²) in [6.45, 7) is 2.51. The van der Waals surface area contributed by atoms with E-state index in [1.54, 1.807) is 12.1 Å². The number of aromatic amines is 1. The first-order chi connectivity index (χ1) is 11.2. The second kappa shape index (κ2) is 6.82. The van der Waals surface area contributed by atoms with E-state index in [4.69, 9.17) is 0 Å². The molecular formula is C19H22N2O2. The van der Waals surface area contributed by atoms with Crippen LogP contribution in [0.5, 0.6) is 0 Å². The molecule has 0 aliphatic carbocycles. The van der Waals surface area contributed by atoms with Crippen LogP contribution in [-0.4, -0.2) is 22.3 Å². The Morgan fingerprint density at radius 2 is 1.87 bits per heavy atom. The smallest absolute Gasteiger partial charge is 0.260 e. The van der Waals surface area contributed by atoms with Crippen molar-refractivity contribution in [3.63, 3.8) is 0 Å². The zero-order valence-electron chi connectivity index (χ0n) is 13.4. The molecule has 0 radical (unpaired) electrons. The van der Waals surface area contributed by atoms with E-state index >= 15 is 0 Å². The largest absolute Gasteiger partial charge is 0.331 e. The van der Waals surface area contributed by atoms with Crippen molar-refractivity contribution in [3.8, 4) is 0 Å². The number of nitrogens with zero attached hydrogens (tertiary/aromatic N) is 1. The summed E-state index contributed by atoms with van der Waals surface area (Å²) in [6, 6.07) is 13.6. The molecule has 1 fully saturated rings. The SMILES string of the molecule is Cc1ccc(C(=O)N2CCCCCC2c2ccccc2)c(=O)[nH]1. The van der Waals surface area contributed by atoms with Crippen LogP contribution in [0.1, 0.15) is 53.3 Å². The molecule has 0 saturated carbocycles. The zero-order chi connectivity index (χ0) is 16.2. The second-order valence-corrected chi connectivity index (χ2v) is 6.16. The van der Waals surface area contributed by atoms with Crippen molar-refractivity contribution in [2.24, 2.45) is 0 Å². The lowest BCUT2D eigenvalue weighted by molar-refractivity contribution is 0.0679. The summed E-state index contributed by atoms with van der Waals surface area (Å²) in [5, 5.41) is 0. The van der Waals surface area contributed by atoms with Gasteiger partial charge < -0.3 is 9.88 Å². The molecule has 120 valence electrons. The van der Waals surface area contributed by atoms with Gasteiger partial charge in [0.05, 0.1) is 6.04 Å². The van der Waals surface area contributed by atoms with Crippen LogP contribution >= 0.6 is 0 Å².